The summed E-state index contributed by atoms with van der Waals surface area (Å²) >= 11 is 0. The number of aryl methyl sites for hydroxylation is 1. The van der Waals surface area contributed by atoms with Crippen molar-refractivity contribution in [2.24, 2.45) is 0 Å². The lowest BCUT2D eigenvalue weighted by molar-refractivity contribution is -0.118. The van der Waals surface area contributed by atoms with Crippen LogP contribution in [-0.2, 0) is 11.3 Å². The summed E-state index contributed by atoms with van der Waals surface area (Å²) < 4.78 is 5.59. The van der Waals surface area contributed by atoms with E-state index < -0.39 is 0 Å². The molecular weight excluding hydrogens is 300 g/mol. The van der Waals surface area contributed by atoms with E-state index in [1.54, 1.807) is 0 Å². The van der Waals surface area contributed by atoms with Crippen LogP contribution in [-0.4, -0.2) is 19.1 Å². The Hall–Kier alpha value is -2.33. The molecule has 0 bridgehead atoms. The first-order chi connectivity index (χ1) is 11.7. The Balaban J connectivity index is 1.78. The first-order valence-electron chi connectivity index (χ1n) is 8.46. The van der Waals surface area contributed by atoms with E-state index in [4.69, 9.17) is 4.74 Å². The zero-order valence-corrected chi connectivity index (χ0v) is 14.5. The number of unbranched alkanes of at least 4 members (excludes halogenated alkanes) is 1. The third-order valence-corrected chi connectivity index (χ3v) is 3.64. The lowest BCUT2D eigenvalue weighted by Gasteiger charge is -2.09. The fraction of sp³-hybridized carbons (Fsp3) is 0.350. The van der Waals surface area contributed by atoms with Crippen LogP contribution in [0.25, 0.3) is 0 Å². The minimum atomic E-state index is -0.162. The maximum atomic E-state index is 12.0. The SMILES string of the molecule is CCCCNCc1cccc(OCC(=O)Nc2ccc(C)cc2)c1. The molecule has 0 fully saturated rings. The van der Waals surface area contributed by atoms with Crippen molar-refractivity contribution in [3.63, 3.8) is 0 Å². The maximum Gasteiger partial charge on any atom is 0.262 e. The van der Waals surface area contributed by atoms with Gasteiger partial charge >= 0.3 is 0 Å². The van der Waals surface area contributed by atoms with Crippen molar-refractivity contribution < 1.29 is 9.53 Å². The van der Waals surface area contributed by atoms with E-state index in [2.05, 4.69) is 23.6 Å². The summed E-state index contributed by atoms with van der Waals surface area (Å²) in [6.45, 7) is 6.02. The average Bonchev–Trinajstić information content (AvgIpc) is 2.59. The van der Waals surface area contributed by atoms with Gasteiger partial charge in [-0.25, -0.2) is 0 Å². The van der Waals surface area contributed by atoms with Crippen molar-refractivity contribution in [2.75, 3.05) is 18.5 Å². The van der Waals surface area contributed by atoms with E-state index in [9.17, 15) is 4.79 Å². The predicted molar refractivity (Wildman–Crippen MR) is 98.4 cm³/mol. The molecule has 24 heavy (non-hydrogen) atoms. The lowest BCUT2D eigenvalue weighted by Crippen LogP contribution is -2.20. The molecule has 0 spiro atoms. The Morgan fingerprint density at radius 1 is 1.12 bits per heavy atom. The minimum absolute atomic E-state index is 0.000588. The Morgan fingerprint density at radius 3 is 2.67 bits per heavy atom. The van der Waals surface area contributed by atoms with Crippen LogP contribution in [0.1, 0.15) is 30.9 Å². The standard InChI is InChI=1S/C20H26N2O2/c1-3-4-12-21-14-17-6-5-7-19(13-17)24-15-20(23)22-18-10-8-16(2)9-11-18/h5-11,13,21H,3-4,12,14-15H2,1-2H3,(H,22,23). The van der Waals surface area contributed by atoms with Crippen LogP contribution in [0.2, 0.25) is 0 Å². The van der Waals surface area contributed by atoms with Crippen LogP contribution in [0.4, 0.5) is 5.69 Å². The average molecular weight is 326 g/mol. The summed E-state index contributed by atoms with van der Waals surface area (Å²) in [6.07, 6.45) is 2.36. The predicted octanol–water partition coefficient (Wildman–Crippen LogP) is 3.90. The summed E-state index contributed by atoms with van der Waals surface area (Å²) in [6, 6.07) is 15.5. The van der Waals surface area contributed by atoms with Gasteiger partial charge in [0.05, 0.1) is 0 Å². The molecular formula is C20H26N2O2. The molecule has 0 aromatic heterocycles. The van der Waals surface area contributed by atoms with Crippen molar-refractivity contribution in [2.45, 2.75) is 33.2 Å². The molecule has 4 nitrogen and oxygen atoms in total. The zero-order valence-electron chi connectivity index (χ0n) is 14.5. The summed E-state index contributed by atoms with van der Waals surface area (Å²) in [5.41, 5.74) is 3.10. The molecule has 128 valence electrons. The van der Waals surface area contributed by atoms with Crippen molar-refractivity contribution >= 4 is 11.6 Å². The van der Waals surface area contributed by atoms with Gasteiger partial charge in [-0.05, 0) is 49.7 Å². The molecule has 0 heterocycles. The molecule has 2 aromatic rings. The molecule has 2 N–H and O–H groups in total. The number of hydrogen-bond acceptors (Lipinski definition) is 3. The van der Waals surface area contributed by atoms with Gasteiger partial charge in [0.2, 0.25) is 0 Å². The van der Waals surface area contributed by atoms with Gasteiger partial charge in [0, 0.05) is 12.2 Å². The number of ether oxygens (including phenoxy) is 1. The van der Waals surface area contributed by atoms with Crippen LogP contribution in [0.5, 0.6) is 5.75 Å². The second kappa shape index (κ2) is 9.73. The van der Waals surface area contributed by atoms with Gasteiger partial charge in [-0.3, -0.25) is 4.79 Å². The summed E-state index contributed by atoms with van der Waals surface area (Å²) in [5, 5.41) is 6.22. The second-order valence-corrected chi connectivity index (χ2v) is 5.88. The van der Waals surface area contributed by atoms with Crippen LogP contribution < -0.4 is 15.4 Å². The van der Waals surface area contributed by atoms with Crippen molar-refractivity contribution in [1.82, 2.24) is 5.32 Å². The molecule has 0 aliphatic heterocycles. The summed E-state index contributed by atoms with van der Waals surface area (Å²) in [4.78, 5) is 12.0. The topological polar surface area (TPSA) is 50.4 Å². The lowest BCUT2D eigenvalue weighted by atomic mass is 10.2. The Morgan fingerprint density at radius 2 is 1.92 bits per heavy atom. The first kappa shape index (κ1) is 18.0. The Labute approximate surface area is 144 Å². The number of nitrogens with one attached hydrogen (secondary N) is 2. The highest BCUT2D eigenvalue weighted by atomic mass is 16.5. The molecule has 0 aliphatic rings. The minimum Gasteiger partial charge on any atom is -0.484 e. The zero-order chi connectivity index (χ0) is 17.2. The normalized spacial score (nSPS) is 10.4. The van der Waals surface area contributed by atoms with Crippen LogP contribution in [0, 0.1) is 6.92 Å². The van der Waals surface area contributed by atoms with Crippen LogP contribution in [0.15, 0.2) is 48.5 Å². The molecule has 4 heteroatoms. The molecule has 0 atom stereocenters. The molecule has 0 radical (unpaired) electrons. The van der Waals surface area contributed by atoms with Gasteiger partial charge in [0.15, 0.2) is 6.61 Å². The maximum absolute atomic E-state index is 12.0. The van der Waals surface area contributed by atoms with Crippen molar-refractivity contribution in [3.05, 3.63) is 59.7 Å². The van der Waals surface area contributed by atoms with Gasteiger partial charge in [-0.2, -0.15) is 0 Å². The van der Waals surface area contributed by atoms with E-state index in [1.807, 2.05) is 49.4 Å². The molecule has 0 aliphatic carbocycles. The number of hydrogen-bond donors (Lipinski definition) is 2. The fourth-order valence-corrected chi connectivity index (χ4v) is 2.26. The number of amides is 1. The van der Waals surface area contributed by atoms with Gasteiger partial charge in [-0.1, -0.05) is 43.2 Å². The van der Waals surface area contributed by atoms with E-state index in [0.29, 0.717) is 5.75 Å². The van der Waals surface area contributed by atoms with Crippen LogP contribution in [0.3, 0.4) is 0 Å². The molecule has 2 rings (SSSR count). The number of carbonyl (C=O) groups is 1. The van der Waals surface area contributed by atoms with Gasteiger partial charge < -0.3 is 15.4 Å². The van der Waals surface area contributed by atoms with E-state index >= 15 is 0 Å². The number of carbonyl (C=O) groups excluding carboxylic acids is 1. The quantitative estimate of drug-likeness (QED) is 0.687. The molecule has 1 amide bonds. The summed E-state index contributed by atoms with van der Waals surface area (Å²) in [7, 11) is 0. The van der Waals surface area contributed by atoms with E-state index in [0.717, 1.165) is 29.9 Å². The number of benzene rings is 2. The first-order valence-corrected chi connectivity index (χ1v) is 8.46. The van der Waals surface area contributed by atoms with Gasteiger partial charge in [0.25, 0.3) is 5.91 Å². The fourth-order valence-electron chi connectivity index (χ4n) is 2.26. The largest absolute Gasteiger partial charge is 0.484 e. The second-order valence-electron chi connectivity index (χ2n) is 5.88. The van der Waals surface area contributed by atoms with Crippen molar-refractivity contribution in [3.8, 4) is 5.75 Å². The molecule has 2 aromatic carbocycles. The third kappa shape index (κ3) is 6.42. The van der Waals surface area contributed by atoms with E-state index in [1.165, 1.54) is 12.8 Å². The van der Waals surface area contributed by atoms with Crippen molar-refractivity contribution in [1.29, 1.82) is 0 Å². The van der Waals surface area contributed by atoms with Gasteiger partial charge in [0.1, 0.15) is 5.75 Å². The van der Waals surface area contributed by atoms with Crippen LogP contribution >= 0.6 is 0 Å². The smallest absolute Gasteiger partial charge is 0.262 e. The summed E-state index contributed by atoms with van der Waals surface area (Å²) in [5.74, 6) is 0.550. The molecule has 0 saturated heterocycles. The highest BCUT2D eigenvalue weighted by Gasteiger charge is 2.04. The number of anilines is 1. The highest BCUT2D eigenvalue weighted by Crippen LogP contribution is 2.14. The van der Waals surface area contributed by atoms with Gasteiger partial charge in [-0.15, -0.1) is 0 Å². The molecule has 0 unspecified atom stereocenters. The molecule has 0 saturated carbocycles. The van der Waals surface area contributed by atoms with E-state index in [-0.39, 0.29) is 12.5 Å². The monoisotopic (exact) mass is 326 g/mol. The number of rotatable bonds is 9. The third-order valence-electron chi connectivity index (χ3n) is 3.64. The highest BCUT2D eigenvalue weighted by molar-refractivity contribution is 5.91. The Kier molecular flexibility index (Phi) is 7.30. The Bertz CT molecular complexity index is 638.